The molecule has 0 unspecified atom stereocenters. The molecule has 108 valence electrons. The first-order chi connectivity index (χ1) is 9.69. The molecular formula is C15H21FN4. The monoisotopic (exact) mass is 276 g/mol. The van der Waals surface area contributed by atoms with E-state index in [0.29, 0.717) is 6.54 Å². The molecule has 0 bridgehead atoms. The first-order valence-electron chi connectivity index (χ1n) is 6.73. The Bertz CT molecular complexity index is 519. The molecule has 1 N–H and O–H groups in total. The minimum Gasteiger partial charge on any atom is -0.378 e. The van der Waals surface area contributed by atoms with Gasteiger partial charge in [0.1, 0.15) is 6.67 Å². The number of nitrogens with one attached hydrogen (secondary N) is 1. The molecule has 0 saturated heterocycles. The number of aromatic nitrogens is 2. The zero-order valence-electron chi connectivity index (χ0n) is 12.0. The highest BCUT2D eigenvalue weighted by atomic mass is 19.1. The van der Waals surface area contributed by atoms with Gasteiger partial charge in [-0.1, -0.05) is 12.1 Å². The van der Waals surface area contributed by atoms with E-state index < -0.39 is 0 Å². The Kier molecular flexibility index (Phi) is 5.12. The van der Waals surface area contributed by atoms with Crippen molar-refractivity contribution in [3.05, 3.63) is 47.8 Å². The maximum atomic E-state index is 12.2. The first-order valence-corrected chi connectivity index (χ1v) is 6.73. The third-order valence-corrected chi connectivity index (χ3v) is 3.11. The summed E-state index contributed by atoms with van der Waals surface area (Å²) in [4.78, 5) is 2.08. The minimum atomic E-state index is -0.382. The SMILES string of the molecule is CN(C)c1ccc(CNCc2cnn(CCF)c2)cc1. The Labute approximate surface area is 119 Å². The summed E-state index contributed by atoms with van der Waals surface area (Å²) in [6, 6.07) is 8.45. The molecule has 0 amide bonds. The molecule has 4 nitrogen and oxygen atoms in total. The normalized spacial score (nSPS) is 10.8. The highest BCUT2D eigenvalue weighted by Gasteiger charge is 1.99. The molecule has 0 radical (unpaired) electrons. The zero-order valence-corrected chi connectivity index (χ0v) is 12.0. The van der Waals surface area contributed by atoms with Crippen molar-refractivity contribution < 1.29 is 4.39 Å². The standard InChI is InChI=1S/C15H21FN4/c1-19(2)15-5-3-13(4-6-15)9-17-10-14-11-18-20(12-14)8-7-16/h3-6,11-12,17H,7-10H2,1-2H3. The Hall–Kier alpha value is -1.88. The van der Waals surface area contributed by atoms with Crippen molar-refractivity contribution in [3.8, 4) is 0 Å². The fraction of sp³-hybridized carbons (Fsp3) is 0.400. The van der Waals surface area contributed by atoms with E-state index in [1.165, 1.54) is 11.3 Å². The number of aryl methyl sites for hydroxylation is 1. The lowest BCUT2D eigenvalue weighted by molar-refractivity contribution is 0.427. The Morgan fingerprint density at radius 1 is 1.15 bits per heavy atom. The van der Waals surface area contributed by atoms with Gasteiger partial charge in [0, 0.05) is 44.6 Å². The van der Waals surface area contributed by atoms with Gasteiger partial charge in [0.15, 0.2) is 0 Å². The number of alkyl halides is 1. The molecule has 5 heteroatoms. The van der Waals surface area contributed by atoms with Crippen molar-refractivity contribution >= 4 is 5.69 Å². The predicted molar refractivity (Wildman–Crippen MR) is 79.5 cm³/mol. The maximum absolute atomic E-state index is 12.2. The lowest BCUT2D eigenvalue weighted by atomic mass is 10.2. The molecule has 1 aromatic carbocycles. The fourth-order valence-electron chi connectivity index (χ4n) is 1.97. The summed E-state index contributed by atoms with van der Waals surface area (Å²) in [5.74, 6) is 0. The maximum Gasteiger partial charge on any atom is 0.109 e. The first kappa shape index (κ1) is 14.5. The van der Waals surface area contributed by atoms with Crippen molar-refractivity contribution in [2.75, 3.05) is 25.7 Å². The number of nitrogens with zero attached hydrogens (tertiary/aromatic N) is 3. The zero-order chi connectivity index (χ0) is 14.4. The second kappa shape index (κ2) is 7.05. The molecule has 2 aromatic rings. The van der Waals surface area contributed by atoms with Gasteiger partial charge in [-0.3, -0.25) is 4.68 Å². The van der Waals surface area contributed by atoms with Gasteiger partial charge in [-0.15, -0.1) is 0 Å². The van der Waals surface area contributed by atoms with E-state index in [2.05, 4.69) is 39.6 Å². The van der Waals surface area contributed by atoms with Crippen LogP contribution in [0.15, 0.2) is 36.7 Å². The highest BCUT2D eigenvalue weighted by molar-refractivity contribution is 5.45. The lowest BCUT2D eigenvalue weighted by Crippen LogP contribution is -2.13. The van der Waals surface area contributed by atoms with Gasteiger partial charge in [-0.2, -0.15) is 5.10 Å². The van der Waals surface area contributed by atoms with E-state index in [0.717, 1.165) is 18.7 Å². The molecule has 0 aliphatic heterocycles. The topological polar surface area (TPSA) is 33.1 Å². The van der Waals surface area contributed by atoms with E-state index in [4.69, 9.17) is 0 Å². The second-order valence-electron chi connectivity index (χ2n) is 4.97. The van der Waals surface area contributed by atoms with Crippen LogP contribution in [-0.4, -0.2) is 30.6 Å². The van der Waals surface area contributed by atoms with Gasteiger partial charge in [0.05, 0.1) is 12.7 Å². The Balaban J connectivity index is 1.79. The largest absolute Gasteiger partial charge is 0.378 e. The third kappa shape index (κ3) is 4.06. The van der Waals surface area contributed by atoms with Crippen molar-refractivity contribution in [3.63, 3.8) is 0 Å². The summed E-state index contributed by atoms with van der Waals surface area (Å²) in [5.41, 5.74) is 3.51. The average molecular weight is 276 g/mol. The van der Waals surface area contributed by atoms with Gasteiger partial charge < -0.3 is 10.2 Å². The van der Waals surface area contributed by atoms with E-state index in [9.17, 15) is 4.39 Å². The molecule has 0 aliphatic carbocycles. The van der Waals surface area contributed by atoms with Gasteiger partial charge in [0.25, 0.3) is 0 Å². The Morgan fingerprint density at radius 3 is 2.50 bits per heavy atom. The predicted octanol–water partition coefficient (Wildman–Crippen LogP) is 2.21. The van der Waals surface area contributed by atoms with Crippen molar-refractivity contribution in [2.24, 2.45) is 0 Å². The van der Waals surface area contributed by atoms with E-state index in [1.54, 1.807) is 10.9 Å². The molecule has 0 saturated carbocycles. The molecule has 2 rings (SSSR count). The summed E-state index contributed by atoms with van der Waals surface area (Å²) < 4.78 is 13.8. The number of anilines is 1. The van der Waals surface area contributed by atoms with Gasteiger partial charge in [-0.25, -0.2) is 4.39 Å². The van der Waals surface area contributed by atoms with E-state index in [-0.39, 0.29) is 6.67 Å². The molecule has 0 aliphatic rings. The second-order valence-corrected chi connectivity index (χ2v) is 4.97. The van der Waals surface area contributed by atoms with Crippen molar-refractivity contribution in [1.82, 2.24) is 15.1 Å². The van der Waals surface area contributed by atoms with Crippen LogP contribution in [0, 0.1) is 0 Å². The quantitative estimate of drug-likeness (QED) is 0.841. The van der Waals surface area contributed by atoms with Gasteiger partial charge in [-0.05, 0) is 17.7 Å². The van der Waals surface area contributed by atoms with Crippen molar-refractivity contribution in [1.29, 1.82) is 0 Å². The molecule has 0 spiro atoms. The van der Waals surface area contributed by atoms with Crippen LogP contribution in [-0.2, 0) is 19.6 Å². The number of hydrogen-bond donors (Lipinski definition) is 1. The number of rotatable bonds is 7. The number of benzene rings is 1. The molecule has 20 heavy (non-hydrogen) atoms. The van der Waals surface area contributed by atoms with E-state index >= 15 is 0 Å². The molecule has 1 heterocycles. The number of hydrogen-bond acceptors (Lipinski definition) is 3. The van der Waals surface area contributed by atoms with Gasteiger partial charge >= 0.3 is 0 Å². The van der Waals surface area contributed by atoms with E-state index in [1.807, 2.05) is 20.3 Å². The smallest absolute Gasteiger partial charge is 0.109 e. The highest BCUT2D eigenvalue weighted by Crippen LogP contribution is 2.12. The summed E-state index contributed by atoms with van der Waals surface area (Å²) >= 11 is 0. The molecule has 0 atom stereocenters. The minimum absolute atomic E-state index is 0.325. The van der Waals surface area contributed by atoms with Crippen LogP contribution >= 0.6 is 0 Å². The van der Waals surface area contributed by atoms with Crippen LogP contribution in [0.5, 0.6) is 0 Å². The molecule has 1 aromatic heterocycles. The molecular weight excluding hydrogens is 255 g/mol. The summed E-state index contributed by atoms with van der Waals surface area (Å²) in [6.07, 6.45) is 3.65. The van der Waals surface area contributed by atoms with Crippen LogP contribution in [0.1, 0.15) is 11.1 Å². The average Bonchev–Trinajstić information content (AvgIpc) is 2.87. The summed E-state index contributed by atoms with van der Waals surface area (Å²) in [5, 5.41) is 7.46. The summed E-state index contributed by atoms with van der Waals surface area (Å²) in [6.45, 7) is 1.49. The van der Waals surface area contributed by atoms with Crippen LogP contribution in [0.2, 0.25) is 0 Å². The van der Waals surface area contributed by atoms with Crippen molar-refractivity contribution in [2.45, 2.75) is 19.6 Å². The lowest BCUT2D eigenvalue weighted by Gasteiger charge is -2.12. The summed E-state index contributed by atoms with van der Waals surface area (Å²) in [7, 11) is 4.06. The number of halogens is 1. The van der Waals surface area contributed by atoms with Crippen LogP contribution in [0.3, 0.4) is 0 Å². The fourth-order valence-corrected chi connectivity index (χ4v) is 1.97. The van der Waals surface area contributed by atoms with Crippen LogP contribution in [0.25, 0.3) is 0 Å². The van der Waals surface area contributed by atoms with Crippen LogP contribution in [0.4, 0.5) is 10.1 Å². The van der Waals surface area contributed by atoms with Gasteiger partial charge in [0.2, 0.25) is 0 Å². The third-order valence-electron chi connectivity index (χ3n) is 3.11. The molecule has 0 fully saturated rings. The van der Waals surface area contributed by atoms with Crippen LogP contribution < -0.4 is 10.2 Å². The Morgan fingerprint density at radius 2 is 1.85 bits per heavy atom.